The van der Waals surface area contributed by atoms with Crippen molar-refractivity contribution in [2.75, 3.05) is 32.7 Å². The van der Waals surface area contributed by atoms with Crippen molar-refractivity contribution in [2.24, 2.45) is 7.05 Å². The van der Waals surface area contributed by atoms with Gasteiger partial charge < -0.3 is 14.9 Å². The Morgan fingerprint density at radius 3 is 2.47 bits per heavy atom. The first-order valence-electron chi connectivity index (χ1n) is 6.31. The molecule has 1 aliphatic rings. The van der Waals surface area contributed by atoms with Crippen LogP contribution in [0, 0.1) is 0 Å². The molecule has 104 valence electrons. The van der Waals surface area contributed by atoms with E-state index in [-0.39, 0.29) is 17.2 Å². The highest BCUT2D eigenvalue weighted by Gasteiger charge is 2.27. The lowest BCUT2D eigenvalue weighted by atomic mass is 10.2. The van der Waals surface area contributed by atoms with Gasteiger partial charge in [-0.15, -0.1) is 0 Å². The van der Waals surface area contributed by atoms with Gasteiger partial charge >= 0.3 is 5.97 Å². The fourth-order valence-electron chi connectivity index (χ4n) is 2.29. The molecule has 1 saturated heterocycles. The van der Waals surface area contributed by atoms with E-state index in [1.165, 1.54) is 17.9 Å². The standard InChI is InChI=1S/C12H18N4O3/c1-3-15-4-6-16(7-5-15)11(17)9-8-13-14(2)10(9)12(18)19/h8H,3-7H2,1-2H3,(H,18,19). The molecule has 0 aliphatic carbocycles. The monoisotopic (exact) mass is 266 g/mol. The Morgan fingerprint density at radius 1 is 1.32 bits per heavy atom. The van der Waals surface area contributed by atoms with Crippen LogP contribution in [0.1, 0.15) is 27.8 Å². The van der Waals surface area contributed by atoms with Crippen molar-refractivity contribution in [1.29, 1.82) is 0 Å². The van der Waals surface area contributed by atoms with Crippen molar-refractivity contribution in [1.82, 2.24) is 19.6 Å². The van der Waals surface area contributed by atoms with E-state index >= 15 is 0 Å². The largest absolute Gasteiger partial charge is 0.477 e. The number of hydrogen-bond acceptors (Lipinski definition) is 4. The summed E-state index contributed by atoms with van der Waals surface area (Å²) in [5.74, 6) is -1.38. The zero-order valence-corrected chi connectivity index (χ0v) is 11.2. The minimum absolute atomic E-state index is 0.0529. The Morgan fingerprint density at radius 2 is 1.95 bits per heavy atom. The van der Waals surface area contributed by atoms with Crippen LogP contribution in [-0.4, -0.2) is 69.3 Å². The molecule has 1 N–H and O–H groups in total. The smallest absolute Gasteiger partial charge is 0.354 e. The minimum Gasteiger partial charge on any atom is -0.477 e. The SMILES string of the molecule is CCN1CCN(C(=O)c2cnn(C)c2C(=O)O)CC1. The molecule has 1 fully saturated rings. The van der Waals surface area contributed by atoms with E-state index in [0.717, 1.165) is 19.6 Å². The van der Waals surface area contributed by atoms with Gasteiger partial charge in [0.25, 0.3) is 5.91 Å². The van der Waals surface area contributed by atoms with Gasteiger partial charge in [0.1, 0.15) is 0 Å². The normalized spacial score (nSPS) is 16.6. The van der Waals surface area contributed by atoms with E-state index in [1.54, 1.807) is 4.90 Å². The molecule has 0 spiro atoms. The maximum atomic E-state index is 12.3. The minimum atomic E-state index is -1.13. The molecule has 1 aromatic rings. The second kappa shape index (κ2) is 5.40. The van der Waals surface area contributed by atoms with Gasteiger partial charge in [-0.3, -0.25) is 9.48 Å². The first-order valence-corrected chi connectivity index (χ1v) is 6.31. The lowest BCUT2D eigenvalue weighted by Crippen LogP contribution is -2.48. The van der Waals surface area contributed by atoms with Gasteiger partial charge in [-0.2, -0.15) is 5.10 Å². The summed E-state index contributed by atoms with van der Waals surface area (Å²) < 4.78 is 1.22. The van der Waals surface area contributed by atoms with Gasteiger partial charge in [-0.1, -0.05) is 6.92 Å². The topological polar surface area (TPSA) is 78.7 Å². The highest BCUT2D eigenvalue weighted by molar-refractivity contribution is 6.03. The predicted molar refractivity (Wildman–Crippen MR) is 68.2 cm³/mol. The van der Waals surface area contributed by atoms with Crippen LogP contribution < -0.4 is 0 Å². The van der Waals surface area contributed by atoms with E-state index in [1.807, 2.05) is 0 Å². The number of rotatable bonds is 3. The maximum absolute atomic E-state index is 12.3. The van der Waals surface area contributed by atoms with E-state index < -0.39 is 5.97 Å². The molecule has 7 nitrogen and oxygen atoms in total. The van der Waals surface area contributed by atoms with E-state index in [0.29, 0.717) is 13.1 Å². The van der Waals surface area contributed by atoms with E-state index in [2.05, 4.69) is 16.9 Å². The average molecular weight is 266 g/mol. The van der Waals surface area contributed by atoms with Crippen molar-refractivity contribution < 1.29 is 14.7 Å². The number of carboxylic acid groups (broad SMARTS) is 1. The first kappa shape index (κ1) is 13.5. The number of amides is 1. The van der Waals surface area contributed by atoms with Crippen LogP contribution in [0.4, 0.5) is 0 Å². The average Bonchev–Trinajstić information content (AvgIpc) is 2.80. The van der Waals surface area contributed by atoms with Gasteiger partial charge in [0.15, 0.2) is 5.69 Å². The van der Waals surface area contributed by atoms with Gasteiger partial charge in [-0.05, 0) is 6.54 Å². The third-order valence-electron chi connectivity index (χ3n) is 3.48. The third kappa shape index (κ3) is 2.60. The Bertz CT molecular complexity index is 489. The van der Waals surface area contributed by atoms with Crippen LogP contribution in [0.5, 0.6) is 0 Å². The lowest BCUT2D eigenvalue weighted by Gasteiger charge is -2.33. The predicted octanol–water partition coefficient (Wildman–Crippen LogP) is -0.104. The number of aromatic carboxylic acids is 1. The summed E-state index contributed by atoms with van der Waals surface area (Å²) in [5, 5.41) is 13.0. The summed E-state index contributed by atoms with van der Waals surface area (Å²) in [6.45, 7) is 5.95. The molecule has 0 aromatic carbocycles. The van der Waals surface area contributed by atoms with Crippen LogP contribution in [0.2, 0.25) is 0 Å². The van der Waals surface area contributed by atoms with Crippen LogP contribution in [0.3, 0.4) is 0 Å². The summed E-state index contributed by atoms with van der Waals surface area (Å²) in [7, 11) is 1.52. The van der Waals surface area contributed by atoms with E-state index in [9.17, 15) is 9.59 Å². The summed E-state index contributed by atoms with van der Waals surface area (Å²) in [6, 6.07) is 0. The van der Waals surface area contributed by atoms with Crippen molar-refractivity contribution in [3.63, 3.8) is 0 Å². The number of nitrogens with zero attached hydrogens (tertiary/aromatic N) is 4. The highest BCUT2D eigenvalue weighted by Crippen LogP contribution is 2.13. The molecule has 7 heteroatoms. The second-order valence-corrected chi connectivity index (χ2v) is 4.56. The highest BCUT2D eigenvalue weighted by atomic mass is 16.4. The number of hydrogen-bond donors (Lipinski definition) is 1. The summed E-state index contributed by atoms with van der Waals surface area (Å²) in [4.78, 5) is 27.4. The Balaban J connectivity index is 2.15. The molecule has 0 radical (unpaired) electrons. The fourth-order valence-corrected chi connectivity index (χ4v) is 2.29. The van der Waals surface area contributed by atoms with Gasteiger partial charge in [0, 0.05) is 33.2 Å². The zero-order valence-electron chi connectivity index (χ0n) is 11.2. The number of aryl methyl sites for hydroxylation is 1. The molecule has 2 rings (SSSR count). The molecule has 19 heavy (non-hydrogen) atoms. The number of piperazine rings is 1. The molecule has 0 unspecified atom stereocenters. The number of carbonyl (C=O) groups is 2. The van der Waals surface area contributed by atoms with Gasteiger partial charge in [-0.25, -0.2) is 4.79 Å². The molecule has 2 heterocycles. The Kier molecular flexibility index (Phi) is 3.84. The molecule has 1 aromatic heterocycles. The number of likely N-dealkylation sites (N-methyl/N-ethyl adjacent to an activating group) is 1. The molecule has 0 saturated carbocycles. The van der Waals surface area contributed by atoms with Crippen LogP contribution in [0.25, 0.3) is 0 Å². The van der Waals surface area contributed by atoms with E-state index in [4.69, 9.17) is 5.11 Å². The molecular formula is C12H18N4O3. The molecular weight excluding hydrogens is 248 g/mol. The second-order valence-electron chi connectivity index (χ2n) is 4.56. The Labute approximate surface area is 111 Å². The third-order valence-corrected chi connectivity index (χ3v) is 3.48. The summed E-state index contributed by atoms with van der Waals surface area (Å²) in [6.07, 6.45) is 1.33. The lowest BCUT2D eigenvalue weighted by molar-refractivity contribution is 0.0617. The fraction of sp³-hybridized carbons (Fsp3) is 0.583. The van der Waals surface area contributed by atoms with Crippen molar-refractivity contribution in [3.8, 4) is 0 Å². The summed E-state index contributed by atoms with van der Waals surface area (Å²) >= 11 is 0. The number of carboxylic acids is 1. The van der Waals surface area contributed by atoms with Crippen molar-refractivity contribution in [2.45, 2.75) is 6.92 Å². The quantitative estimate of drug-likeness (QED) is 0.826. The number of carbonyl (C=O) groups excluding carboxylic acids is 1. The van der Waals surface area contributed by atoms with Crippen LogP contribution >= 0.6 is 0 Å². The van der Waals surface area contributed by atoms with Crippen LogP contribution in [0.15, 0.2) is 6.20 Å². The Hall–Kier alpha value is -1.89. The number of aromatic nitrogens is 2. The summed E-state index contributed by atoms with van der Waals surface area (Å²) in [5.41, 5.74) is 0.114. The van der Waals surface area contributed by atoms with Crippen molar-refractivity contribution >= 4 is 11.9 Å². The van der Waals surface area contributed by atoms with Gasteiger partial charge in [0.2, 0.25) is 0 Å². The molecule has 1 aliphatic heterocycles. The zero-order chi connectivity index (χ0) is 14.0. The molecule has 0 atom stereocenters. The first-order chi connectivity index (χ1) is 9.04. The molecule has 1 amide bonds. The molecule has 0 bridgehead atoms. The maximum Gasteiger partial charge on any atom is 0.354 e. The van der Waals surface area contributed by atoms with Gasteiger partial charge in [0.05, 0.1) is 11.8 Å². The van der Waals surface area contributed by atoms with Crippen LogP contribution in [-0.2, 0) is 7.05 Å². The van der Waals surface area contributed by atoms with Crippen molar-refractivity contribution in [3.05, 3.63) is 17.5 Å².